The van der Waals surface area contributed by atoms with Gasteiger partial charge in [-0.15, -0.1) is 0 Å². The number of thiophene rings is 1. The fourth-order valence-corrected chi connectivity index (χ4v) is 3.23. The maximum Gasteiger partial charge on any atom is 0.172 e. The first-order valence-electron chi connectivity index (χ1n) is 6.74. The summed E-state index contributed by atoms with van der Waals surface area (Å²) in [4.78, 5) is 2.31. The second-order valence-electron chi connectivity index (χ2n) is 5.14. The van der Waals surface area contributed by atoms with Crippen LogP contribution < -0.4 is 10.6 Å². The molecular formula is C15H16ClN3OS. The van der Waals surface area contributed by atoms with Crippen LogP contribution >= 0.6 is 22.9 Å². The van der Waals surface area contributed by atoms with E-state index in [1.54, 1.807) is 17.4 Å². The summed E-state index contributed by atoms with van der Waals surface area (Å²) in [5.41, 5.74) is 8.72. The van der Waals surface area contributed by atoms with Gasteiger partial charge in [-0.05, 0) is 53.4 Å². The number of hydrogen-bond acceptors (Lipinski definition) is 4. The smallest absolute Gasteiger partial charge is 0.172 e. The molecule has 0 radical (unpaired) electrons. The molecule has 1 fully saturated rings. The second kappa shape index (κ2) is 5.95. The average Bonchev–Trinajstić information content (AvgIpc) is 3.21. The molecule has 110 valence electrons. The number of halogens is 1. The largest absolute Gasteiger partial charge is 0.409 e. The van der Waals surface area contributed by atoms with Crippen molar-refractivity contribution in [3.8, 4) is 0 Å². The molecule has 3 rings (SSSR count). The van der Waals surface area contributed by atoms with Gasteiger partial charge in [0.1, 0.15) is 0 Å². The van der Waals surface area contributed by atoms with Crippen LogP contribution in [-0.4, -0.2) is 17.1 Å². The highest BCUT2D eigenvalue weighted by Crippen LogP contribution is 2.36. The minimum absolute atomic E-state index is 0.0865. The van der Waals surface area contributed by atoms with Crippen molar-refractivity contribution in [3.63, 3.8) is 0 Å². The first kappa shape index (κ1) is 14.2. The van der Waals surface area contributed by atoms with Crippen molar-refractivity contribution in [3.05, 3.63) is 51.2 Å². The van der Waals surface area contributed by atoms with E-state index in [4.69, 9.17) is 22.5 Å². The number of nitrogens with two attached hydrogens (primary N) is 1. The van der Waals surface area contributed by atoms with Gasteiger partial charge in [-0.3, -0.25) is 0 Å². The van der Waals surface area contributed by atoms with Gasteiger partial charge in [-0.25, -0.2) is 0 Å². The second-order valence-corrected chi connectivity index (χ2v) is 6.35. The van der Waals surface area contributed by atoms with Crippen LogP contribution in [-0.2, 0) is 6.54 Å². The lowest BCUT2D eigenvalue weighted by Crippen LogP contribution is -2.28. The first-order valence-corrected chi connectivity index (χ1v) is 8.06. The van der Waals surface area contributed by atoms with Crippen molar-refractivity contribution in [1.29, 1.82) is 0 Å². The molecule has 4 nitrogen and oxygen atoms in total. The average molecular weight is 322 g/mol. The third kappa shape index (κ3) is 3.14. The zero-order chi connectivity index (χ0) is 14.8. The molecule has 1 aromatic carbocycles. The van der Waals surface area contributed by atoms with Gasteiger partial charge in [-0.2, -0.15) is 11.3 Å². The van der Waals surface area contributed by atoms with Gasteiger partial charge in [0.15, 0.2) is 5.84 Å². The molecule has 1 heterocycles. The number of hydrogen-bond donors (Lipinski definition) is 2. The van der Waals surface area contributed by atoms with Gasteiger partial charge in [0.2, 0.25) is 0 Å². The first-order chi connectivity index (χ1) is 10.2. The molecule has 1 saturated carbocycles. The summed E-state index contributed by atoms with van der Waals surface area (Å²) in [5.74, 6) is 0.0865. The molecule has 2 aromatic rings. The van der Waals surface area contributed by atoms with Gasteiger partial charge in [0, 0.05) is 28.9 Å². The predicted molar refractivity (Wildman–Crippen MR) is 87.5 cm³/mol. The van der Waals surface area contributed by atoms with Crippen LogP contribution in [0.5, 0.6) is 0 Å². The summed E-state index contributed by atoms with van der Waals surface area (Å²) in [6, 6.07) is 8.17. The van der Waals surface area contributed by atoms with Crippen LogP contribution in [0.2, 0.25) is 5.02 Å². The number of anilines is 1. The Morgan fingerprint density at radius 2 is 2.24 bits per heavy atom. The van der Waals surface area contributed by atoms with Crippen LogP contribution in [0.4, 0.5) is 5.69 Å². The van der Waals surface area contributed by atoms with Gasteiger partial charge in [-0.1, -0.05) is 16.8 Å². The van der Waals surface area contributed by atoms with E-state index in [9.17, 15) is 0 Å². The maximum absolute atomic E-state index is 9.00. The lowest BCUT2D eigenvalue weighted by Gasteiger charge is -2.26. The quantitative estimate of drug-likeness (QED) is 0.382. The fourth-order valence-electron chi connectivity index (χ4n) is 2.39. The minimum Gasteiger partial charge on any atom is -0.409 e. The van der Waals surface area contributed by atoms with Crippen molar-refractivity contribution in [2.45, 2.75) is 25.4 Å². The predicted octanol–water partition coefficient (Wildman–Crippen LogP) is 3.67. The van der Waals surface area contributed by atoms with E-state index < -0.39 is 0 Å². The minimum atomic E-state index is 0.0865. The Labute approximate surface area is 132 Å². The Morgan fingerprint density at radius 3 is 2.86 bits per heavy atom. The molecule has 0 bridgehead atoms. The van der Waals surface area contributed by atoms with Crippen LogP contribution in [0.25, 0.3) is 0 Å². The van der Waals surface area contributed by atoms with E-state index in [-0.39, 0.29) is 5.84 Å². The molecule has 0 amide bonds. The van der Waals surface area contributed by atoms with Gasteiger partial charge in [0.05, 0.1) is 0 Å². The van der Waals surface area contributed by atoms with Crippen molar-refractivity contribution < 1.29 is 5.21 Å². The van der Waals surface area contributed by atoms with Crippen molar-refractivity contribution in [2.75, 3.05) is 4.90 Å². The van der Waals surface area contributed by atoms with E-state index in [1.165, 1.54) is 18.4 Å². The van der Waals surface area contributed by atoms with E-state index in [2.05, 4.69) is 26.9 Å². The number of benzene rings is 1. The summed E-state index contributed by atoms with van der Waals surface area (Å²) in [5, 5.41) is 16.9. The molecule has 0 unspecified atom stereocenters. The highest BCUT2D eigenvalue weighted by molar-refractivity contribution is 7.07. The Morgan fingerprint density at radius 1 is 1.43 bits per heavy atom. The molecule has 21 heavy (non-hydrogen) atoms. The third-order valence-corrected chi connectivity index (χ3v) is 4.54. The highest BCUT2D eigenvalue weighted by atomic mass is 35.5. The SMILES string of the molecule is NC(=NO)c1cc(Cl)ccc1N(Cc1ccsc1)C1CC1. The molecule has 0 spiro atoms. The van der Waals surface area contributed by atoms with E-state index >= 15 is 0 Å². The lowest BCUT2D eigenvalue weighted by atomic mass is 10.1. The lowest BCUT2D eigenvalue weighted by molar-refractivity contribution is 0.318. The summed E-state index contributed by atoms with van der Waals surface area (Å²) < 4.78 is 0. The number of oxime groups is 1. The summed E-state index contributed by atoms with van der Waals surface area (Å²) in [6.45, 7) is 0.821. The molecule has 0 aliphatic heterocycles. The van der Waals surface area contributed by atoms with Crippen molar-refractivity contribution >= 4 is 34.5 Å². The fraction of sp³-hybridized carbons (Fsp3) is 0.267. The third-order valence-electron chi connectivity index (χ3n) is 3.57. The van der Waals surface area contributed by atoms with E-state index in [0.717, 1.165) is 12.2 Å². The normalized spacial score (nSPS) is 15.2. The Balaban J connectivity index is 1.99. The molecule has 1 aliphatic rings. The zero-order valence-corrected chi connectivity index (χ0v) is 12.9. The van der Waals surface area contributed by atoms with Crippen LogP contribution in [0.1, 0.15) is 24.0 Å². The standard InChI is InChI=1S/C15H16ClN3OS/c16-11-1-4-14(13(7-11)15(17)18-20)19(12-2-3-12)8-10-5-6-21-9-10/h1,4-7,9,12,20H,2-3,8H2,(H2,17,18). The molecule has 0 atom stereocenters. The maximum atomic E-state index is 9.00. The zero-order valence-electron chi connectivity index (χ0n) is 11.4. The van der Waals surface area contributed by atoms with Gasteiger partial charge < -0.3 is 15.8 Å². The topological polar surface area (TPSA) is 61.9 Å². The Kier molecular flexibility index (Phi) is 4.03. The van der Waals surface area contributed by atoms with Gasteiger partial charge >= 0.3 is 0 Å². The Bertz CT molecular complexity index is 653. The van der Waals surface area contributed by atoms with Gasteiger partial charge in [0.25, 0.3) is 0 Å². The molecular weight excluding hydrogens is 306 g/mol. The molecule has 0 saturated heterocycles. The molecule has 3 N–H and O–H groups in total. The van der Waals surface area contributed by atoms with E-state index in [1.807, 2.05) is 12.1 Å². The highest BCUT2D eigenvalue weighted by Gasteiger charge is 2.31. The van der Waals surface area contributed by atoms with Crippen LogP contribution in [0, 0.1) is 0 Å². The van der Waals surface area contributed by atoms with Crippen molar-refractivity contribution in [2.24, 2.45) is 10.9 Å². The number of rotatable bonds is 5. The van der Waals surface area contributed by atoms with Crippen LogP contribution in [0.3, 0.4) is 0 Å². The van der Waals surface area contributed by atoms with Crippen LogP contribution in [0.15, 0.2) is 40.2 Å². The number of amidine groups is 1. The van der Waals surface area contributed by atoms with E-state index in [0.29, 0.717) is 16.6 Å². The van der Waals surface area contributed by atoms with Crippen molar-refractivity contribution in [1.82, 2.24) is 0 Å². The summed E-state index contributed by atoms with van der Waals surface area (Å²) in [6.07, 6.45) is 2.34. The Hall–Kier alpha value is -1.72. The molecule has 6 heteroatoms. The summed E-state index contributed by atoms with van der Waals surface area (Å²) in [7, 11) is 0. The summed E-state index contributed by atoms with van der Waals surface area (Å²) >= 11 is 7.74. The molecule has 1 aliphatic carbocycles. The monoisotopic (exact) mass is 321 g/mol. The molecule has 1 aromatic heterocycles. The number of nitrogens with zero attached hydrogens (tertiary/aromatic N) is 2.